The summed E-state index contributed by atoms with van der Waals surface area (Å²) < 4.78 is 5.23. The molecule has 2 rings (SSSR count). The van der Waals surface area contributed by atoms with Crippen molar-refractivity contribution in [2.45, 2.75) is 19.8 Å². The van der Waals surface area contributed by atoms with Crippen molar-refractivity contribution in [2.24, 2.45) is 11.1 Å². The molecule has 4 N–H and O–H groups in total. The number of hydrogen-bond donors (Lipinski definition) is 3. The average Bonchev–Trinajstić information content (AvgIpc) is 2.96. The maximum atomic E-state index is 12.5. The molecule has 0 aromatic heterocycles. The highest BCUT2D eigenvalue weighted by Crippen LogP contribution is 2.31. The van der Waals surface area contributed by atoms with Gasteiger partial charge in [-0.15, -0.1) is 0 Å². The smallest absolute Gasteiger partial charge is 0.255 e. The molecule has 1 aromatic carbocycles. The van der Waals surface area contributed by atoms with Crippen LogP contribution < -0.4 is 21.1 Å². The van der Waals surface area contributed by atoms with Gasteiger partial charge in [0.05, 0.1) is 5.41 Å². The van der Waals surface area contributed by atoms with Gasteiger partial charge in [-0.25, -0.2) is 0 Å². The Morgan fingerprint density at radius 2 is 2.29 bits per heavy atom. The van der Waals surface area contributed by atoms with Crippen molar-refractivity contribution in [1.29, 1.82) is 0 Å². The number of primary amides is 1. The Kier molecular flexibility index (Phi) is 4.80. The molecule has 1 aliphatic heterocycles. The zero-order valence-electron chi connectivity index (χ0n) is 12.1. The maximum absolute atomic E-state index is 12.5. The van der Waals surface area contributed by atoms with Crippen molar-refractivity contribution in [2.75, 3.05) is 25.0 Å². The van der Waals surface area contributed by atoms with E-state index in [2.05, 4.69) is 10.6 Å². The predicted molar refractivity (Wildman–Crippen MR) is 80.0 cm³/mol. The fourth-order valence-electron chi connectivity index (χ4n) is 2.48. The van der Waals surface area contributed by atoms with Crippen molar-refractivity contribution < 1.29 is 14.3 Å². The van der Waals surface area contributed by atoms with Gasteiger partial charge in [0.15, 0.2) is 6.61 Å². The first kappa shape index (κ1) is 15.3. The first-order chi connectivity index (χ1) is 10.1. The van der Waals surface area contributed by atoms with E-state index < -0.39 is 5.91 Å². The van der Waals surface area contributed by atoms with Crippen LogP contribution in [0.3, 0.4) is 0 Å². The van der Waals surface area contributed by atoms with Gasteiger partial charge in [0.25, 0.3) is 5.91 Å². The molecule has 1 unspecified atom stereocenters. The van der Waals surface area contributed by atoms with Crippen LogP contribution in [0.5, 0.6) is 5.75 Å². The third kappa shape index (κ3) is 3.72. The van der Waals surface area contributed by atoms with E-state index in [9.17, 15) is 9.59 Å². The lowest BCUT2D eigenvalue weighted by atomic mass is 9.83. The second-order valence-electron chi connectivity index (χ2n) is 5.30. The third-order valence-corrected chi connectivity index (χ3v) is 3.88. The largest absolute Gasteiger partial charge is 0.484 e. The molecule has 0 radical (unpaired) electrons. The van der Waals surface area contributed by atoms with Crippen LogP contribution in [0.25, 0.3) is 0 Å². The Hall–Kier alpha value is -2.08. The lowest BCUT2D eigenvalue weighted by molar-refractivity contribution is -0.125. The van der Waals surface area contributed by atoms with Gasteiger partial charge in [-0.3, -0.25) is 9.59 Å². The van der Waals surface area contributed by atoms with Crippen LogP contribution in [0, 0.1) is 5.41 Å². The molecule has 1 saturated heterocycles. The Morgan fingerprint density at radius 3 is 2.90 bits per heavy atom. The number of nitrogens with one attached hydrogen (secondary N) is 2. The molecule has 1 heterocycles. The van der Waals surface area contributed by atoms with E-state index in [0.717, 1.165) is 19.4 Å². The lowest BCUT2D eigenvalue weighted by Gasteiger charge is -2.25. The molecule has 1 aliphatic rings. The molecule has 0 spiro atoms. The van der Waals surface area contributed by atoms with E-state index in [1.807, 2.05) is 6.92 Å². The molecular weight excluding hydrogens is 270 g/mol. The fraction of sp³-hybridized carbons (Fsp3) is 0.467. The SMILES string of the molecule is CCC1(C(=O)Nc2cccc(OCC(N)=O)c2)CCNC1. The first-order valence-electron chi connectivity index (χ1n) is 7.09. The normalized spacial score (nSPS) is 21.0. The van der Waals surface area contributed by atoms with Gasteiger partial charge in [0.1, 0.15) is 5.75 Å². The van der Waals surface area contributed by atoms with Crippen LogP contribution in [-0.4, -0.2) is 31.5 Å². The topological polar surface area (TPSA) is 93.4 Å². The minimum atomic E-state index is -0.536. The Balaban J connectivity index is 2.03. The lowest BCUT2D eigenvalue weighted by Crippen LogP contribution is -2.37. The second kappa shape index (κ2) is 6.58. The van der Waals surface area contributed by atoms with Crippen molar-refractivity contribution >= 4 is 17.5 Å². The number of hydrogen-bond acceptors (Lipinski definition) is 4. The van der Waals surface area contributed by atoms with Crippen LogP contribution in [0.4, 0.5) is 5.69 Å². The number of amides is 2. The number of carbonyl (C=O) groups excluding carboxylic acids is 2. The zero-order valence-corrected chi connectivity index (χ0v) is 12.1. The predicted octanol–water partition coefficient (Wildman–Crippen LogP) is 0.879. The fourth-order valence-corrected chi connectivity index (χ4v) is 2.48. The standard InChI is InChI=1S/C15H21N3O3/c1-2-15(6-7-17-10-15)14(20)18-11-4-3-5-12(8-11)21-9-13(16)19/h3-5,8,17H,2,6-7,9-10H2,1H3,(H2,16,19)(H,18,20). The number of nitrogens with two attached hydrogens (primary N) is 1. The number of benzene rings is 1. The summed E-state index contributed by atoms with van der Waals surface area (Å²) in [6.07, 6.45) is 1.64. The minimum absolute atomic E-state index is 0.0158. The third-order valence-electron chi connectivity index (χ3n) is 3.88. The van der Waals surface area contributed by atoms with Gasteiger partial charge < -0.3 is 21.1 Å². The molecule has 6 nitrogen and oxygen atoms in total. The summed E-state index contributed by atoms with van der Waals surface area (Å²) in [6.45, 7) is 3.41. The Bertz CT molecular complexity index is 525. The molecule has 0 aliphatic carbocycles. The molecule has 0 saturated carbocycles. The van der Waals surface area contributed by atoms with Crippen molar-refractivity contribution in [3.63, 3.8) is 0 Å². The average molecular weight is 291 g/mol. The van der Waals surface area contributed by atoms with Gasteiger partial charge in [0, 0.05) is 18.3 Å². The van der Waals surface area contributed by atoms with Crippen LogP contribution in [0.15, 0.2) is 24.3 Å². The summed E-state index contributed by atoms with van der Waals surface area (Å²) in [5.74, 6) is -0.0184. The van der Waals surface area contributed by atoms with E-state index in [4.69, 9.17) is 10.5 Å². The van der Waals surface area contributed by atoms with Gasteiger partial charge in [0.2, 0.25) is 5.91 Å². The minimum Gasteiger partial charge on any atom is -0.484 e. The summed E-state index contributed by atoms with van der Waals surface area (Å²) in [5.41, 5.74) is 5.35. The van der Waals surface area contributed by atoms with Crippen LogP contribution in [0.1, 0.15) is 19.8 Å². The van der Waals surface area contributed by atoms with Crippen molar-refractivity contribution in [1.82, 2.24) is 5.32 Å². The molecule has 2 amide bonds. The van der Waals surface area contributed by atoms with Crippen molar-refractivity contribution in [3.8, 4) is 5.75 Å². The van der Waals surface area contributed by atoms with E-state index in [1.165, 1.54) is 0 Å². The molecular formula is C15H21N3O3. The quantitative estimate of drug-likeness (QED) is 0.725. The second-order valence-corrected chi connectivity index (χ2v) is 5.30. The van der Waals surface area contributed by atoms with Gasteiger partial charge >= 0.3 is 0 Å². The Labute approximate surface area is 124 Å². The van der Waals surface area contributed by atoms with Crippen molar-refractivity contribution in [3.05, 3.63) is 24.3 Å². The molecule has 6 heteroatoms. The highest BCUT2D eigenvalue weighted by molar-refractivity contribution is 5.95. The monoisotopic (exact) mass is 291 g/mol. The molecule has 21 heavy (non-hydrogen) atoms. The van der Waals surface area contributed by atoms with Crippen LogP contribution in [-0.2, 0) is 9.59 Å². The summed E-state index contributed by atoms with van der Waals surface area (Å²) in [5, 5.41) is 6.17. The van der Waals surface area contributed by atoms with Crippen LogP contribution >= 0.6 is 0 Å². The molecule has 0 bridgehead atoms. The van der Waals surface area contributed by atoms with Gasteiger partial charge in [-0.2, -0.15) is 0 Å². The van der Waals surface area contributed by atoms with Crippen LogP contribution in [0.2, 0.25) is 0 Å². The highest BCUT2D eigenvalue weighted by Gasteiger charge is 2.39. The highest BCUT2D eigenvalue weighted by atomic mass is 16.5. The Morgan fingerprint density at radius 1 is 1.48 bits per heavy atom. The number of ether oxygens (including phenoxy) is 1. The summed E-state index contributed by atoms with van der Waals surface area (Å²) in [6, 6.07) is 6.95. The van der Waals surface area contributed by atoms with E-state index in [1.54, 1.807) is 24.3 Å². The molecule has 1 aromatic rings. The number of carbonyl (C=O) groups is 2. The van der Waals surface area contributed by atoms with E-state index in [-0.39, 0.29) is 17.9 Å². The van der Waals surface area contributed by atoms with Gasteiger partial charge in [-0.05, 0) is 31.5 Å². The summed E-state index contributed by atoms with van der Waals surface area (Å²) in [4.78, 5) is 23.2. The first-order valence-corrected chi connectivity index (χ1v) is 7.09. The molecule has 1 atom stereocenters. The van der Waals surface area contributed by atoms with E-state index in [0.29, 0.717) is 18.0 Å². The summed E-state index contributed by atoms with van der Waals surface area (Å²) >= 11 is 0. The van der Waals surface area contributed by atoms with E-state index >= 15 is 0 Å². The summed E-state index contributed by atoms with van der Waals surface area (Å²) in [7, 11) is 0. The molecule has 1 fully saturated rings. The van der Waals surface area contributed by atoms with Gasteiger partial charge in [-0.1, -0.05) is 13.0 Å². The number of rotatable bonds is 6. The number of anilines is 1. The molecule has 114 valence electrons. The zero-order chi connectivity index (χ0) is 15.3. The maximum Gasteiger partial charge on any atom is 0.255 e.